The molecule has 2 aromatic rings. The van der Waals surface area contributed by atoms with Gasteiger partial charge in [0.1, 0.15) is 0 Å². The van der Waals surface area contributed by atoms with Gasteiger partial charge < -0.3 is 14.5 Å². The maximum atomic E-state index is 12.2. The van der Waals surface area contributed by atoms with Crippen LogP contribution in [0.4, 0.5) is 0 Å². The van der Waals surface area contributed by atoms with E-state index in [0.717, 1.165) is 16.5 Å². The average Bonchev–Trinajstić information content (AvgIpc) is 3.03. The highest BCUT2D eigenvalue weighted by Gasteiger charge is 2.55. The molecule has 1 aromatic heterocycles. The van der Waals surface area contributed by atoms with Crippen LogP contribution in [0.25, 0.3) is 10.9 Å². The second-order valence-corrected chi connectivity index (χ2v) is 4.91. The number of aromatic amines is 1. The Morgan fingerprint density at radius 3 is 2.45 bits per heavy atom. The van der Waals surface area contributed by atoms with E-state index in [1.807, 2.05) is 24.3 Å². The minimum Gasteiger partial charge on any atom is -0.468 e. The lowest BCUT2D eigenvalue weighted by molar-refractivity contribution is -0.162. The Bertz CT molecular complexity index is 685. The van der Waals surface area contributed by atoms with Crippen LogP contribution in [0.2, 0.25) is 0 Å². The number of benzene rings is 1. The molecule has 0 saturated carbocycles. The standard InChI is InChI=1S/C15H15NO4/c1-19-13(17)15(14(18)20-2)8-7-10-9-5-3-4-6-11(9)16-12(10)15/h3-6,16H,7-8H2,1-2H3. The van der Waals surface area contributed by atoms with Crippen LogP contribution in [0.3, 0.4) is 0 Å². The lowest BCUT2D eigenvalue weighted by Crippen LogP contribution is -2.44. The molecule has 0 unspecified atom stereocenters. The van der Waals surface area contributed by atoms with Gasteiger partial charge in [0, 0.05) is 16.6 Å². The van der Waals surface area contributed by atoms with Crippen LogP contribution in [-0.2, 0) is 30.9 Å². The summed E-state index contributed by atoms with van der Waals surface area (Å²) in [6.07, 6.45) is 1.02. The number of para-hydroxylation sites is 1. The molecule has 104 valence electrons. The van der Waals surface area contributed by atoms with E-state index in [2.05, 4.69) is 4.98 Å². The summed E-state index contributed by atoms with van der Waals surface area (Å²) in [5.74, 6) is -1.15. The largest absolute Gasteiger partial charge is 0.468 e. The Morgan fingerprint density at radius 2 is 1.80 bits per heavy atom. The van der Waals surface area contributed by atoms with Crippen molar-refractivity contribution in [2.24, 2.45) is 0 Å². The molecule has 20 heavy (non-hydrogen) atoms. The summed E-state index contributed by atoms with van der Waals surface area (Å²) in [7, 11) is 2.57. The first kappa shape index (κ1) is 12.7. The molecule has 1 heterocycles. The SMILES string of the molecule is COC(=O)C1(C(=O)OC)CCc2c1[nH]c1ccccc21. The Kier molecular flexibility index (Phi) is 2.78. The van der Waals surface area contributed by atoms with Crippen molar-refractivity contribution in [3.63, 3.8) is 0 Å². The van der Waals surface area contributed by atoms with E-state index in [4.69, 9.17) is 9.47 Å². The maximum Gasteiger partial charge on any atom is 0.329 e. The molecule has 0 atom stereocenters. The molecule has 1 N–H and O–H groups in total. The Labute approximate surface area is 115 Å². The molecule has 0 bridgehead atoms. The van der Waals surface area contributed by atoms with Gasteiger partial charge in [0.2, 0.25) is 5.41 Å². The van der Waals surface area contributed by atoms with Crippen molar-refractivity contribution in [2.45, 2.75) is 18.3 Å². The van der Waals surface area contributed by atoms with Crippen molar-refractivity contribution < 1.29 is 19.1 Å². The zero-order chi connectivity index (χ0) is 14.3. The quantitative estimate of drug-likeness (QED) is 0.668. The number of esters is 2. The third-order valence-corrected chi connectivity index (χ3v) is 4.06. The van der Waals surface area contributed by atoms with Crippen LogP contribution >= 0.6 is 0 Å². The Hall–Kier alpha value is -2.30. The number of aromatic nitrogens is 1. The van der Waals surface area contributed by atoms with Gasteiger partial charge in [-0.05, 0) is 24.5 Å². The lowest BCUT2D eigenvalue weighted by atomic mass is 9.85. The number of H-pyrrole nitrogens is 1. The number of carbonyl (C=O) groups is 2. The van der Waals surface area contributed by atoms with Gasteiger partial charge in [0.15, 0.2) is 0 Å². The zero-order valence-corrected chi connectivity index (χ0v) is 11.4. The smallest absolute Gasteiger partial charge is 0.329 e. The van der Waals surface area contributed by atoms with E-state index in [-0.39, 0.29) is 0 Å². The minimum absolute atomic E-state index is 0.373. The van der Waals surface area contributed by atoms with Gasteiger partial charge in [0.25, 0.3) is 0 Å². The van der Waals surface area contributed by atoms with Gasteiger partial charge in [-0.3, -0.25) is 9.59 Å². The lowest BCUT2D eigenvalue weighted by Gasteiger charge is -2.23. The number of aryl methyl sites for hydroxylation is 1. The summed E-state index contributed by atoms with van der Waals surface area (Å²) in [6.45, 7) is 0. The zero-order valence-electron chi connectivity index (χ0n) is 11.4. The summed E-state index contributed by atoms with van der Waals surface area (Å²) in [6, 6.07) is 7.75. The number of hydrogen-bond acceptors (Lipinski definition) is 4. The Balaban J connectivity index is 2.27. The molecule has 0 saturated heterocycles. The first-order valence-electron chi connectivity index (χ1n) is 6.42. The second-order valence-electron chi connectivity index (χ2n) is 4.91. The number of ether oxygens (including phenoxy) is 2. The summed E-state index contributed by atoms with van der Waals surface area (Å²) >= 11 is 0. The molecule has 3 rings (SSSR count). The minimum atomic E-state index is -1.36. The molecular weight excluding hydrogens is 258 g/mol. The van der Waals surface area contributed by atoms with Crippen molar-refractivity contribution in [3.05, 3.63) is 35.5 Å². The fourth-order valence-corrected chi connectivity index (χ4v) is 3.10. The van der Waals surface area contributed by atoms with Gasteiger partial charge in [-0.1, -0.05) is 18.2 Å². The number of fused-ring (bicyclic) bond motifs is 3. The Morgan fingerprint density at radius 1 is 1.15 bits per heavy atom. The van der Waals surface area contributed by atoms with Crippen LogP contribution in [0.5, 0.6) is 0 Å². The third-order valence-electron chi connectivity index (χ3n) is 4.06. The van der Waals surface area contributed by atoms with Crippen molar-refractivity contribution in [1.82, 2.24) is 4.98 Å². The highest BCUT2D eigenvalue weighted by molar-refractivity contribution is 6.08. The molecule has 0 amide bonds. The number of methoxy groups -OCH3 is 2. The molecular formula is C15H15NO4. The van der Waals surface area contributed by atoms with E-state index >= 15 is 0 Å². The fraction of sp³-hybridized carbons (Fsp3) is 0.333. The summed E-state index contributed by atoms with van der Waals surface area (Å²) < 4.78 is 9.71. The molecule has 0 spiro atoms. The summed E-state index contributed by atoms with van der Waals surface area (Å²) in [5.41, 5.74) is 1.15. The highest BCUT2D eigenvalue weighted by atomic mass is 16.5. The predicted octanol–water partition coefficient (Wildman–Crippen LogP) is 1.70. The van der Waals surface area contributed by atoms with Gasteiger partial charge in [0.05, 0.1) is 14.2 Å². The van der Waals surface area contributed by atoms with Crippen LogP contribution in [0.15, 0.2) is 24.3 Å². The van der Waals surface area contributed by atoms with Crippen molar-refractivity contribution in [1.29, 1.82) is 0 Å². The van der Waals surface area contributed by atoms with E-state index in [1.54, 1.807) is 0 Å². The molecule has 1 aliphatic rings. The van der Waals surface area contributed by atoms with Crippen molar-refractivity contribution in [3.8, 4) is 0 Å². The normalized spacial score (nSPS) is 15.9. The van der Waals surface area contributed by atoms with Gasteiger partial charge in [-0.25, -0.2) is 0 Å². The molecule has 0 aliphatic heterocycles. The van der Waals surface area contributed by atoms with Gasteiger partial charge in [-0.15, -0.1) is 0 Å². The monoisotopic (exact) mass is 273 g/mol. The van der Waals surface area contributed by atoms with E-state index < -0.39 is 17.4 Å². The van der Waals surface area contributed by atoms with E-state index in [1.165, 1.54) is 14.2 Å². The second kappa shape index (κ2) is 4.37. The molecule has 0 fully saturated rings. The molecule has 1 aromatic carbocycles. The summed E-state index contributed by atoms with van der Waals surface area (Å²) in [5, 5.41) is 1.04. The molecule has 1 aliphatic carbocycles. The van der Waals surface area contributed by atoms with Crippen LogP contribution in [-0.4, -0.2) is 31.1 Å². The van der Waals surface area contributed by atoms with E-state index in [0.29, 0.717) is 18.5 Å². The topological polar surface area (TPSA) is 68.4 Å². The van der Waals surface area contributed by atoms with Gasteiger partial charge in [-0.2, -0.15) is 0 Å². The maximum absolute atomic E-state index is 12.2. The highest BCUT2D eigenvalue weighted by Crippen LogP contribution is 2.43. The first-order chi connectivity index (χ1) is 9.65. The number of nitrogens with one attached hydrogen (secondary N) is 1. The average molecular weight is 273 g/mol. The summed E-state index contributed by atoms with van der Waals surface area (Å²) in [4.78, 5) is 27.7. The number of carbonyl (C=O) groups excluding carboxylic acids is 2. The van der Waals surface area contributed by atoms with E-state index in [9.17, 15) is 9.59 Å². The molecule has 5 heteroatoms. The first-order valence-corrected chi connectivity index (χ1v) is 6.42. The number of hydrogen-bond donors (Lipinski definition) is 1. The van der Waals surface area contributed by atoms with Crippen LogP contribution < -0.4 is 0 Å². The predicted molar refractivity (Wildman–Crippen MR) is 72.3 cm³/mol. The molecule has 5 nitrogen and oxygen atoms in total. The fourth-order valence-electron chi connectivity index (χ4n) is 3.10. The third kappa shape index (κ3) is 1.43. The number of rotatable bonds is 2. The van der Waals surface area contributed by atoms with Crippen LogP contribution in [0, 0.1) is 0 Å². The van der Waals surface area contributed by atoms with Crippen molar-refractivity contribution >= 4 is 22.8 Å². The van der Waals surface area contributed by atoms with Crippen LogP contribution in [0.1, 0.15) is 17.7 Å². The molecule has 0 radical (unpaired) electrons. The van der Waals surface area contributed by atoms with Gasteiger partial charge >= 0.3 is 11.9 Å². The van der Waals surface area contributed by atoms with Crippen molar-refractivity contribution in [2.75, 3.05) is 14.2 Å².